The van der Waals surface area contributed by atoms with Crippen LogP contribution in [-0.2, 0) is 4.79 Å². The third-order valence-electron chi connectivity index (χ3n) is 3.88. The van der Waals surface area contributed by atoms with E-state index in [1.807, 2.05) is 25.1 Å². The molecule has 1 amide bonds. The number of carbonyl (C=O) groups is 1. The molecule has 3 aromatic heterocycles. The van der Waals surface area contributed by atoms with Gasteiger partial charge in [0.1, 0.15) is 5.69 Å². The van der Waals surface area contributed by atoms with Crippen LogP contribution in [0.1, 0.15) is 5.56 Å². The van der Waals surface area contributed by atoms with E-state index in [-0.39, 0.29) is 11.7 Å². The van der Waals surface area contributed by atoms with Crippen molar-refractivity contribution < 1.29 is 9.21 Å². The smallest absolute Gasteiger partial charge is 0.234 e. The number of thioether (sulfide) groups is 1. The molecule has 0 radical (unpaired) electrons. The van der Waals surface area contributed by atoms with Gasteiger partial charge in [-0.2, -0.15) is 9.61 Å². The van der Waals surface area contributed by atoms with E-state index >= 15 is 0 Å². The number of hydrogen-bond acceptors (Lipinski definition) is 6. The van der Waals surface area contributed by atoms with E-state index in [0.717, 1.165) is 5.56 Å². The molecule has 4 rings (SSSR count). The standard InChI is InChI=1S/C18H14ClN5O2S/c1-11-12(19)4-2-5-13(11)20-17(25)10-27-18-22-21-16-8-7-14(23-24(16)18)15-6-3-9-26-15/h2-9H,10H2,1H3,(H,20,25). The Kier molecular flexibility index (Phi) is 4.83. The van der Waals surface area contributed by atoms with Crippen LogP contribution in [0, 0.1) is 6.92 Å². The minimum atomic E-state index is -0.163. The maximum Gasteiger partial charge on any atom is 0.234 e. The Morgan fingerprint density at radius 3 is 2.93 bits per heavy atom. The monoisotopic (exact) mass is 399 g/mol. The number of furan rings is 1. The SMILES string of the molecule is Cc1c(Cl)cccc1NC(=O)CSc1nnc2ccc(-c3ccco3)nn12. The Hall–Kier alpha value is -2.84. The van der Waals surface area contributed by atoms with Gasteiger partial charge in [0.25, 0.3) is 0 Å². The molecule has 1 aromatic carbocycles. The topological polar surface area (TPSA) is 85.3 Å². The van der Waals surface area contributed by atoms with Crippen molar-refractivity contribution >= 4 is 40.6 Å². The van der Waals surface area contributed by atoms with Crippen molar-refractivity contribution in [2.45, 2.75) is 12.1 Å². The molecule has 9 heteroatoms. The average molecular weight is 400 g/mol. The van der Waals surface area contributed by atoms with Crippen LogP contribution in [0.2, 0.25) is 5.02 Å². The zero-order valence-corrected chi connectivity index (χ0v) is 15.8. The highest BCUT2D eigenvalue weighted by Crippen LogP contribution is 2.24. The van der Waals surface area contributed by atoms with Crippen molar-refractivity contribution in [3.63, 3.8) is 0 Å². The summed E-state index contributed by atoms with van der Waals surface area (Å²) in [5, 5.41) is 16.7. The van der Waals surface area contributed by atoms with E-state index < -0.39 is 0 Å². The van der Waals surface area contributed by atoms with Crippen LogP contribution in [0.15, 0.2) is 58.3 Å². The number of nitrogens with one attached hydrogen (secondary N) is 1. The molecular formula is C18H14ClN5O2S. The first-order valence-corrected chi connectivity index (χ1v) is 9.42. The average Bonchev–Trinajstić information content (AvgIpc) is 3.33. The normalized spacial score (nSPS) is 11.0. The summed E-state index contributed by atoms with van der Waals surface area (Å²) in [5.74, 6) is 0.652. The summed E-state index contributed by atoms with van der Waals surface area (Å²) in [5.41, 5.74) is 2.78. The van der Waals surface area contributed by atoms with Crippen LogP contribution in [0.4, 0.5) is 5.69 Å². The maximum absolute atomic E-state index is 12.3. The highest BCUT2D eigenvalue weighted by atomic mass is 35.5. The predicted molar refractivity (Wildman–Crippen MR) is 104 cm³/mol. The van der Waals surface area contributed by atoms with Crippen LogP contribution in [0.5, 0.6) is 0 Å². The predicted octanol–water partition coefficient (Wildman–Crippen LogP) is 4.08. The van der Waals surface area contributed by atoms with E-state index in [1.165, 1.54) is 11.8 Å². The quantitative estimate of drug-likeness (QED) is 0.509. The summed E-state index contributed by atoms with van der Waals surface area (Å²) in [7, 11) is 0. The molecule has 4 aromatic rings. The molecule has 0 spiro atoms. The van der Waals surface area contributed by atoms with Gasteiger partial charge in [-0.05, 0) is 48.9 Å². The fourth-order valence-corrected chi connectivity index (χ4v) is 3.34. The van der Waals surface area contributed by atoms with E-state index in [2.05, 4.69) is 20.6 Å². The summed E-state index contributed by atoms with van der Waals surface area (Å²) >= 11 is 7.34. The molecule has 0 saturated heterocycles. The van der Waals surface area contributed by atoms with Crippen LogP contribution in [0.25, 0.3) is 17.1 Å². The second-order valence-electron chi connectivity index (χ2n) is 5.70. The lowest BCUT2D eigenvalue weighted by molar-refractivity contribution is -0.113. The molecule has 1 N–H and O–H groups in total. The molecule has 136 valence electrons. The van der Waals surface area contributed by atoms with E-state index in [4.69, 9.17) is 16.0 Å². The second-order valence-corrected chi connectivity index (χ2v) is 7.05. The largest absolute Gasteiger partial charge is 0.463 e. The van der Waals surface area contributed by atoms with Gasteiger partial charge in [-0.25, -0.2) is 0 Å². The number of anilines is 1. The highest BCUT2D eigenvalue weighted by Gasteiger charge is 2.13. The van der Waals surface area contributed by atoms with Gasteiger partial charge in [0.05, 0.1) is 12.0 Å². The molecular weight excluding hydrogens is 386 g/mol. The summed E-state index contributed by atoms with van der Waals surface area (Å²) in [4.78, 5) is 12.3. The number of hydrogen-bond donors (Lipinski definition) is 1. The molecule has 0 aliphatic heterocycles. The summed E-state index contributed by atoms with van der Waals surface area (Å²) in [6.07, 6.45) is 1.59. The number of nitrogens with zero attached hydrogens (tertiary/aromatic N) is 4. The van der Waals surface area contributed by atoms with E-state index in [9.17, 15) is 4.79 Å². The number of fused-ring (bicyclic) bond motifs is 1. The fourth-order valence-electron chi connectivity index (χ4n) is 2.47. The summed E-state index contributed by atoms with van der Waals surface area (Å²) in [6.45, 7) is 1.86. The molecule has 3 heterocycles. The first-order chi connectivity index (χ1) is 13.1. The van der Waals surface area contributed by atoms with Gasteiger partial charge in [-0.1, -0.05) is 29.4 Å². The number of rotatable bonds is 5. The number of halogens is 1. The van der Waals surface area contributed by atoms with Gasteiger partial charge in [0.2, 0.25) is 11.1 Å². The van der Waals surface area contributed by atoms with Gasteiger partial charge >= 0.3 is 0 Å². The third-order valence-corrected chi connectivity index (χ3v) is 5.21. The first-order valence-electron chi connectivity index (χ1n) is 8.06. The lowest BCUT2D eigenvalue weighted by atomic mass is 10.2. The van der Waals surface area contributed by atoms with Gasteiger partial charge in [0.15, 0.2) is 11.4 Å². The van der Waals surface area contributed by atoms with Crippen molar-refractivity contribution in [2.75, 3.05) is 11.1 Å². The fraction of sp³-hybridized carbons (Fsp3) is 0.111. The molecule has 0 saturated carbocycles. The third kappa shape index (κ3) is 3.67. The number of aromatic nitrogens is 4. The van der Waals surface area contributed by atoms with Crippen molar-refractivity contribution in [1.82, 2.24) is 19.8 Å². The minimum absolute atomic E-state index is 0.163. The first kappa shape index (κ1) is 17.6. The Morgan fingerprint density at radius 2 is 2.11 bits per heavy atom. The lowest BCUT2D eigenvalue weighted by Gasteiger charge is -2.08. The van der Waals surface area contributed by atoms with Gasteiger partial charge in [-0.3, -0.25) is 4.79 Å². The molecule has 0 fully saturated rings. The Labute approximate surface area is 163 Å². The summed E-state index contributed by atoms with van der Waals surface area (Å²) in [6, 6.07) is 12.6. The summed E-state index contributed by atoms with van der Waals surface area (Å²) < 4.78 is 6.97. The van der Waals surface area contributed by atoms with Crippen LogP contribution in [0.3, 0.4) is 0 Å². The van der Waals surface area contributed by atoms with Crippen molar-refractivity contribution in [3.8, 4) is 11.5 Å². The van der Waals surface area contributed by atoms with Crippen LogP contribution >= 0.6 is 23.4 Å². The molecule has 0 aliphatic rings. The highest BCUT2D eigenvalue weighted by molar-refractivity contribution is 7.99. The molecule has 27 heavy (non-hydrogen) atoms. The van der Waals surface area contributed by atoms with E-state index in [0.29, 0.717) is 33.0 Å². The minimum Gasteiger partial charge on any atom is -0.463 e. The maximum atomic E-state index is 12.3. The number of benzene rings is 1. The molecule has 0 bridgehead atoms. The van der Waals surface area contributed by atoms with Gasteiger partial charge in [-0.15, -0.1) is 10.2 Å². The van der Waals surface area contributed by atoms with Crippen molar-refractivity contribution in [1.29, 1.82) is 0 Å². The zero-order valence-electron chi connectivity index (χ0n) is 14.2. The molecule has 0 atom stereocenters. The zero-order chi connectivity index (χ0) is 18.8. The number of amides is 1. The van der Waals surface area contributed by atoms with Gasteiger partial charge < -0.3 is 9.73 Å². The lowest BCUT2D eigenvalue weighted by Crippen LogP contribution is -2.15. The van der Waals surface area contributed by atoms with Crippen molar-refractivity contribution in [3.05, 3.63) is 59.3 Å². The van der Waals surface area contributed by atoms with Crippen LogP contribution in [-0.4, -0.2) is 31.5 Å². The molecule has 0 aliphatic carbocycles. The van der Waals surface area contributed by atoms with Crippen molar-refractivity contribution in [2.24, 2.45) is 0 Å². The molecule has 7 nitrogen and oxygen atoms in total. The van der Waals surface area contributed by atoms with E-state index in [1.54, 1.807) is 35.0 Å². The molecule has 0 unspecified atom stereocenters. The Balaban J connectivity index is 1.49. The van der Waals surface area contributed by atoms with Crippen LogP contribution < -0.4 is 5.32 Å². The Morgan fingerprint density at radius 1 is 1.22 bits per heavy atom. The number of carbonyl (C=O) groups excluding carboxylic acids is 1. The van der Waals surface area contributed by atoms with Gasteiger partial charge in [0, 0.05) is 10.7 Å². The Bertz CT molecular complexity index is 1110. The second kappa shape index (κ2) is 7.42.